The van der Waals surface area contributed by atoms with Crippen molar-refractivity contribution in [3.8, 4) is 6.07 Å². The van der Waals surface area contributed by atoms with Gasteiger partial charge in [0.05, 0.1) is 28.9 Å². The van der Waals surface area contributed by atoms with Crippen LogP contribution in [-0.4, -0.2) is 9.55 Å². The second-order valence-corrected chi connectivity index (χ2v) is 5.39. The van der Waals surface area contributed by atoms with E-state index < -0.39 is 0 Å². The van der Waals surface area contributed by atoms with E-state index in [1.165, 1.54) is 0 Å². The second-order valence-electron chi connectivity index (χ2n) is 5.39. The highest BCUT2D eigenvalue weighted by Gasteiger charge is 2.17. The van der Waals surface area contributed by atoms with Crippen LogP contribution in [0.15, 0.2) is 23.3 Å². The Hall–Kier alpha value is -2.15. The van der Waals surface area contributed by atoms with Crippen LogP contribution in [-0.2, 0) is 5.54 Å². The van der Waals surface area contributed by atoms with Crippen LogP contribution in [0.25, 0.3) is 10.9 Å². The van der Waals surface area contributed by atoms with Gasteiger partial charge in [0.2, 0.25) is 0 Å². The quantitative estimate of drug-likeness (QED) is 0.711. The molecule has 0 bridgehead atoms. The van der Waals surface area contributed by atoms with Crippen LogP contribution in [0, 0.1) is 18.3 Å². The maximum atomic E-state index is 12.4. The first kappa shape index (κ1) is 12.3. The molecule has 0 aliphatic heterocycles. The van der Waals surface area contributed by atoms with Gasteiger partial charge in [0.15, 0.2) is 0 Å². The number of nitrogens with zero attached hydrogens (tertiary/aromatic N) is 3. The third-order valence-electron chi connectivity index (χ3n) is 2.91. The number of benzene rings is 1. The summed E-state index contributed by atoms with van der Waals surface area (Å²) in [7, 11) is 0. The molecule has 0 aliphatic carbocycles. The van der Waals surface area contributed by atoms with Crippen LogP contribution in [0.2, 0.25) is 0 Å². The van der Waals surface area contributed by atoms with E-state index in [4.69, 9.17) is 5.26 Å². The van der Waals surface area contributed by atoms with Crippen molar-refractivity contribution in [2.45, 2.75) is 33.2 Å². The summed E-state index contributed by atoms with van der Waals surface area (Å²) in [5.41, 5.74) is 1.53. The fourth-order valence-corrected chi connectivity index (χ4v) is 1.98. The monoisotopic (exact) mass is 241 g/mol. The van der Waals surface area contributed by atoms with Crippen LogP contribution in [0.1, 0.15) is 31.9 Å². The Morgan fingerprint density at radius 1 is 1.33 bits per heavy atom. The summed E-state index contributed by atoms with van der Waals surface area (Å²) in [5, 5.41) is 9.50. The first-order chi connectivity index (χ1) is 8.34. The molecule has 18 heavy (non-hydrogen) atoms. The molecule has 0 fully saturated rings. The largest absolute Gasteiger partial charge is 0.293 e. The number of aromatic nitrogens is 2. The Kier molecular flexibility index (Phi) is 2.70. The minimum Gasteiger partial charge on any atom is -0.293 e. The van der Waals surface area contributed by atoms with Gasteiger partial charge < -0.3 is 0 Å². The molecule has 1 aromatic carbocycles. The van der Waals surface area contributed by atoms with Crippen LogP contribution in [0.3, 0.4) is 0 Å². The van der Waals surface area contributed by atoms with E-state index in [1.807, 2.05) is 27.7 Å². The zero-order chi connectivity index (χ0) is 13.5. The van der Waals surface area contributed by atoms with Crippen molar-refractivity contribution in [2.24, 2.45) is 0 Å². The summed E-state index contributed by atoms with van der Waals surface area (Å²) in [5.74, 6) is 0. The molecule has 4 nitrogen and oxygen atoms in total. The predicted octanol–water partition coefficient (Wildman–Crippen LogP) is 2.33. The topological polar surface area (TPSA) is 58.7 Å². The van der Waals surface area contributed by atoms with E-state index >= 15 is 0 Å². The summed E-state index contributed by atoms with van der Waals surface area (Å²) in [4.78, 5) is 16.7. The van der Waals surface area contributed by atoms with Gasteiger partial charge in [-0.15, -0.1) is 0 Å². The van der Waals surface area contributed by atoms with Crippen molar-refractivity contribution in [2.75, 3.05) is 0 Å². The fourth-order valence-electron chi connectivity index (χ4n) is 1.98. The molecular formula is C14H15N3O. The normalized spacial score (nSPS) is 11.5. The average Bonchev–Trinajstić information content (AvgIpc) is 2.26. The average molecular weight is 241 g/mol. The zero-order valence-corrected chi connectivity index (χ0v) is 11.0. The molecule has 0 saturated carbocycles. The second kappa shape index (κ2) is 3.95. The van der Waals surface area contributed by atoms with Crippen LogP contribution in [0.5, 0.6) is 0 Å². The number of rotatable bonds is 0. The molecule has 0 amide bonds. The smallest absolute Gasteiger partial charge is 0.261 e. The summed E-state index contributed by atoms with van der Waals surface area (Å²) in [6, 6.07) is 5.45. The van der Waals surface area contributed by atoms with E-state index in [1.54, 1.807) is 23.0 Å². The third kappa shape index (κ3) is 1.88. The maximum absolute atomic E-state index is 12.4. The fraction of sp³-hybridized carbons (Fsp3) is 0.357. The number of hydrogen-bond acceptors (Lipinski definition) is 3. The molecule has 4 heteroatoms. The molecule has 0 N–H and O–H groups in total. The Balaban J connectivity index is 2.90. The number of fused-ring (bicyclic) bond motifs is 1. The highest BCUT2D eigenvalue weighted by atomic mass is 16.1. The number of nitriles is 1. The van der Waals surface area contributed by atoms with Crippen LogP contribution < -0.4 is 5.56 Å². The zero-order valence-electron chi connectivity index (χ0n) is 11.0. The first-order valence-corrected chi connectivity index (χ1v) is 5.77. The van der Waals surface area contributed by atoms with E-state index in [0.717, 1.165) is 5.56 Å². The van der Waals surface area contributed by atoms with Gasteiger partial charge in [-0.3, -0.25) is 9.36 Å². The van der Waals surface area contributed by atoms with E-state index in [9.17, 15) is 4.79 Å². The van der Waals surface area contributed by atoms with Gasteiger partial charge in [-0.2, -0.15) is 5.26 Å². The van der Waals surface area contributed by atoms with Crippen molar-refractivity contribution >= 4 is 10.9 Å². The molecular weight excluding hydrogens is 226 g/mol. The van der Waals surface area contributed by atoms with E-state index in [2.05, 4.69) is 11.1 Å². The Morgan fingerprint density at radius 2 is 2.00 bits per heavy atom. The van der Waals surface area contributed by atoms with Crippen molar-refractivity contribution in [3.05, 3.63) is 39.9 Å². The molecule has 2 aromatic rings. The van der Waals surface area contributed by atoms with Crippen molar-refractivity contribution < 1.29 is 0 Å². The molecule has 1 aromatic heterocycles. The molecule has 0 atom stereocenters. The SMILES string of the molecule is Cc1cc(C#N)cc2ncn(C(C)(C)C)c(=O)c12. The minimum atomic E-state index is -0.307. The third-order valence-corrected chi connectivity index (χ3v) is 2.91. The molecule has 0 radical (unpaired) electrons. The minimum absolute atomic E-state index is 0.0607. The lowest BCUT2D eigenvalue weighted by molar-refractivity contribution is 0.382. The molecule has 92 valence electrons. The standard InChI is InChI=1S/C14H15N3O/c1-9-5-10(7-15)6-11-12(9)13(18)17(8-16-11)14(2,3)4/h5-6,8H,1-4H3. The lowest BCUT2D eigenvalue weighted by Crippen LogP contribution is -2.34. The molecule has 0 unspecified atom stereocenters. The predicted molar refractivity (Wildman–Crippen MR) is 70.5 cm³/mol. The lowest BCUT2D eigenvalue weighted by Gasteiger charge is -2.22. The van der Waals surface area contributed by atoms with E-state index in [0.29, 0.717) is 16.5 Å². The number of hydrogen-bond donors (Lipinski definition) is 0. The molecule has 0 spiro atoms. The first-order valence-electron chi connectivity index (χ1n) is 5.77. The van der Waals surface area contributed by atoms with Gasteiger partial charge in [-0.25, -0.2) is 4.98 Å². The maximum Gasteiger partial charge on any atom is 0.261 e. The highest BCUT2D eigenvalue weighted by molar-refractivity contribution is 5.82. The lowest BCUT2D eigenvalue weighted by atomic mass is 10.1. The van der Waals surface area contributed by atoms with Crippen molar-refractivity contribution in [1.82, 2.24) is 9.55 Å². The van der Waals surface area contributed by atoms with Gasteiger partial charge in [0.1, 0.15) is 0 Å². The Bertz CT molecular complexity index is 715. The summed E-state index contributed by atoms with van der Waals surface area (Å²) < 4.78 is 1.62. The molecule has 2 rings (SSSR count). The van der Waals surface area contributed by atoms with Crippen molar-refractivity contribution in [3.63, 3.8) is 0 Å². The molecule has 1 heterocycles. The van der Waals surface area contributed by atoms with Crippen LogP contribution in [0.4, 0.5) is 0 Å². The van der Waals surface area contributed by atoms with Gasteiger partial charge in [-0.05, 0) is 45.4 Å². The summed E-state index contributed by atoms with van der Waals surface area (Å²) >= 11 is 0. The molecule has 0 aliphatic rings. The van der Waals surface area contributed by atoms with Gasteiger partial charge in [0, 0.05) is 5.54 Å². The highest BCUT2D eigenvalue weighted by Crippen LogP contribution is 2.17. The van der Waals surface area contributed by atoms with Crippen LogP contribution >= 0.6 is 0 Å². The summed E-state index contributed by atoms with van der Waals surface area (Å²) in [6.07, 6.45) is 1.55. The van der Waals surface area contributed by atoms with E-state index in [-0.39, 0.29) is 11.1 Å². The molecule has 0 saturated heterocycles. The van der Waals surface area contributed by atoms with Gasteiger partial charge in [-0.1, -0.05) is 0 Å². The number of aryl methyl sites for hydroxylation is 1. The summed E-state index contributed by atoms with van der Waals surface area (Å²) in [6.45, 7) is 7.71. The Morgan fingerprint density at radius 3 is 2.56 bits per heavy atom. The van der Waals surface area contributed by atoms with Crippen molar-refractivity contribution in [1.29, 1.82) is 5.26 Å². The van der Waals surface area contributed by atoms with Gasteiger partial charge in [0.25, 0.3) is 5.56 Å². The Labute approximate surface area is 106 Å². The van der Waals surface area contributed by atoms with Gasteiger partial charge >= 0.3 is 0 Å².